The highest BCUT2D eigenvalue weighted by Crippen LogP contribution is 2.26. The first kappa shape index (κ1) is 16.9. The maximum atomic E-state index is 12.1. The normalized spacial score (nSPS) is 12.0. The molecule has 0 heterocycles. The number of carboxylic acid groups (broad SMARTS) is 1. The first-order valence-corrected chi connectivity index (χ1v) is 6.58. The van der Waals surface area contributed by atoms with Gasteiger partial charge in [-0.15, -0.1) is 0 Å². The van der Waals surface area contributed by atoms with Crippen molar-refractivity contribution in [1.29, 1.82) is 0 Å². The summed E-state index contributed by atoms with van der Waals surface area (Å²) in [5.74, 6) is -2.04. The Morgan fingerprint density at radius 2 is 2.05 bits per heavy atom. The van der Waals surface area contributed by atoms with Crippen molar-refractivity contribution in [3.05, 3.63) is 38.9 Å². The maximum absolute atomic E-state index is 12.1. The molecule has 0 aliphatic carbocycles. The van der Waals surface area contributed by atoms with Gasteiger partial charge >= 0.3 is 5.97 Å². The molecule has 7 nitrogen and oxygen atoms in total. The van der Waals surface area contributed by atoms with Crippen molar-refractivity contribution < 1.29 is 19.6 Å². The molecular weight excluding hydrogens is 300 g/mol. The van der Waals surface area contributed by atoms with E-state index in [0.717, 1.165) is 6.07 Å². The standard InChI is InChI=1S/C13H15ClN2O5/c1-7(2)6-9(13(18)19)15-12(17)11-8(14)4-3-5-10(11)16(20)21/h3-5,7,9H,6H2,1-2H3,(H,15,17)(H,18,19)/t9-/m0/s1. The van der Waals surface area contributed by atoms with E-state index >= 15 is 0 Å². The molecule has 1 amide bonds. The second kappa shape index (κ2) is 7.03. The van der Waals surface area contributed by atoms with E-state index < -0.39 is 28.5 Å². The van der Waals surface area contributed by atoms with Crippen molar-refractivity contribution >= 4 is 29.2 Å². The second-order valence-corrected chi connectivity index (χ2v) is 5.29. The van der Waals surface area contributed by atoms with E-state index in [1.165, 1.54) is 12.1 Å². The highest BCUT2D eigenvalue weighted by molar-refractivity contribution is 6.34. The Kier molecular flexibility index (Phi) is 5.66. The Balaban J connectivity index is 3.08. The van der Waals surface area contributed by atoms with Gasteiger partial charge in [0.25, 0.3) is 11.6 Å². The molecule has 0 saturated carbocycles. The number of nitrogens with zero attached hydrogens (tertiary/aromatic N) is 1. The SMILES string of the molecule is CC(C)C[C@H](NC(=O)c1c(Cl)cccc1[N+](=O)[O-])C(=O)O. The number of nitro benzene ring substituents is 1. The average Bonchev–Trinajstić information content (AvgIpc) is 2.36. The molecule has 1 atom stereocenters. The molecule has 1 aromatic carbocycles. The fourth-order valence-electron chi connectivity index (χ4n) is 1.81. The summed E-state index contributed by atoms with van der Waals surface area (Å²) in [6.07, 6.45) is 0.208. The first-order chi connectivity index (χ1) is 9.73. The molecule has 21 heavy (non-hydrogen) atoms. The van der Waals surface area contributed by atoms with E-state index in [1.54, 1.807) is 13.8 Å². The Hall–Kier alpha value is -2.15. The highest BCUT2D eigenvalue weighted by Gasteiger charge is 2.27. The van der Waals surface area contributed by atoms with E-state index in [1.807, 2.05) is 0 Å². The predicted molar refractivity (Wildman–Crippen MR) is 76.5 cm³/mol. The van der Waals surface area contributed by atoms with Crippen LogP contribution in [0.15, 0.2) is 18.2 Å². The van der Waals surface area contributed by atoms with Gasteiger partial charge in [0.05, 0.1) is 9.95 Å². The van der Waals surface area contributed by atoms with Crippen molar-refractivity contribution in [3.63, 3.8) is 0 Å². The number of benzene rings is 1. The van der Waals surface area contributed by atoms with Gasteiger partial charge in [-0.1, -0.05) is 31.5 Å². The molecule has 114 valence electrons. The number of aliphatic carboxylic acids is 1. The van der Waals surface area contributed by atoms with Crippen molar-refractivity contribution in [2.24, 2.45) is 5.92 Å². The van der Waals surface area contributed by atoms with Crippen LogP contribution in [0.3, 0.4) is 0 Å². The minimum Gasteiger partial charge on any atom is -0.480 e. The van der Waals surface area contributed by atoms with Gasteiger partial charge in [-0.05, 0) is 18.4 Å². The van der Waals surface area contributed by atoms with Crippen LogP contribution < -0.4 is 5.32 Å². The monoisotopic (exact) mass is 314 g/mol. The molecule has 2 N–H and O–H groups in total. The lowest BCUT2D eigenvalue weighted by molar-refractivity contribution is -0.385. The smallest absolute Gasteiger partial charge is 0.326 e. The zero-order valence-electron chi connectivity index (χ0n) is 11.5. The summed E-state index contributed by atoms with van der Waals surface area (Å²) in [6, 6.07) is 2.69. The van der Waals surface area contributed by atoms with Crippen LogP contribution in [0.2, 0.25) is 5.02 Å². The van der Waals surface area contributed by atoms with E-state index in [0.29, 0.717) is 0 Å². The van der Waals surface area contributed by atoms with Crippen LogP contribution in [0.1, 0.15) is 30.6 Å². The Labute approximate surface area is 126 Å². The molecule has 0 saturated heterocycles. The minimum atomic E-state index is -1.20. The zero-order chi connectivity index (χ0) is 16.2. The van der Waals surface area contributed by atoms with Crippen LogP contribution in [0.25, 0.3) is 0 Å². The van der Waals surface area contributed by atoms with Gasteiger partial charge in [-0.2, -0.15) is 0 Å². The molecular formula is C13H15ClN2O5. The van der Waals surface area contributed by atoms with Crippen LogP contribution in [-0.2, 0) is 4.79 Å². The van der Waals surface area contributed by atoms with Crippen LogP contribution in [-0.4, -0.2) is 27.9 Å². The van der Waals surface area contributed by atoms with Crippen LogP contribution in [0.5, 0.6) is 0 Å². The molecule has 0 unspecified atom stereocenters. The highest BCUT2D eigenvalue weighted by atomic mass is 35.5. The summed E-state index contributed by atoms with van der Waals surface area (Å²) < 4.78 is 0. The van der Waals surface area contributed by atoms with E-state index in [4.69, 9.17) is 16.7 Å². The van der Waals surface area contributed by atoms with Gasteiger partial charge in [0.1, 0.15) is 11.6 Å². The fourth-order valence-corrected chi connectivity index (χ4v) is 2.07. The largest absolute Gasteiger partial charge is 0.480 e. The lowest BCUT2D eigenvalue weighted by atomic mass is 10.0. The lowest BCUT2D eigenvalue weighted by Crippen LogP contribution is -2.41. The molecule has 0 spiro atoms. The van der Waals surface area contributed by atoms with Crippen molar-refractivity contribution in [1.82, 2.24) is 5.32 Å². The second-order valence-electron chi connectivity index (χ2n) is 4.88. The molecule has 0 fully saturated rings. The number of nitrogens with one attached hydrogen (secondary N) is 1. The molecule has 0 aliphatic heterocycles. The minimum absolute atomic E-state index is 0.0348. The Morgan fingerprint density at radius 1 is 1.43 bits per heavy atom. The summed E-state index contributed by atoms with van der Waals surface area (Å²) in [5, 5.41) is 22.2. The van der Waals surface area contributed by atoms with Gasteiger partial charge in [0.2, 0.25) is 0 Å². The number of nitro groups is 1. The zero-order valence-corrected chi connectivity index (χ0v) is 12.3. The molecule has 0 bridgehead atoms. The van der Waals surface area contributed by atoms with Crippen LogP contribution in [0, 0.1) is 16.0 Å². The number of hydrogen-bond acceptors (Lipinski definition) is 4. The Bertz CT molecular complexity index is 574. The van der Waals surface area contributed by atoms with E-state index in [2.05, 4.69) is 5.32 Å². The first-order valence-electron chi connectivity index (χ1n) is 6.20. The summed E-state index contributed by atoms with van der Waals surface area (Å²) >= 11 is 5.82. The number of rotatable bonds is 6. The Morgan fingerprint density at radius 3 is 2.52 bits per heavy atom. The topological polar surface area (TPSA) is 110 Å². The van der Waals surface area contributed by atoms with Crippen LogP contribution >= 0.6 is 11.6 Å². The fraction of sp³-hybridized carbons (Fsp3) is 0.385. The van der Waals surface area contributed by atoms with E-state index in [-0.39, 0.29) is 22.9 Å². The summed E-state index contributed by atoms with van der Waals surface area (Å²) in [6.45, 7) is 3.61. The van der Waals surface area contributed by atoms with Gasteiger partial charge < -0.3 is 10.4 Å². The van der Waals surface area contributed by atoms with Gasteiger partial charge in [0.15, 0.2) is 0 Å². The number of carbonyl (C=O) groups excluding carboxylic acids is 1. The molecule has 1 aromatic rings. The third-order valence-corrected chi connectivity index (χ3v) is 3.04. The van der Waals surface area contributed by atoms with Gasteiger partial charge in [-0.25, -0.2) is 4.79 Å². The van der Waals surface area contributed by atoms with E-state index in [9.17, 15) is 19.7 Å². The maximum Gasteiger partial charge on any atom is 0.326 e. The summed E-state index contributed by atoms with van der Waals surface area (Å²) in [5.41, 5.74) is -0.798. The van der Waals surface area contributed by atoms with Gasteiger partial charge in [0, 0.05) is 6.07 Å². The van der Waals surface area contributed by atoms with Gasteiger partial charge in [-0.3, -0.25) is 14.9 Å². The summed E-state index contributed by atoms with van der Waals surface area (Å²) in [7, 11) is 0. The number of amides is 1. The molecule has 0 radical (unpaired) electrons. The average molecular weight is 315 g/mol. The molecule has 0 aromatic heterocycles. The lowest BCUT2D eigenvalue weighted by Gasteiger charge is -2.16. The van der Waals surface area contributed by atoms with Crippen molar-refractivity contribution in [3.8, 4) is 0 Å². The van der Waals surface area contributed by atoms with Crippen molar-refractivity contribution in [2.75, 3.05) is 0 Å². The predicted octanol–water partition coefficient (Wildman–Crippen LogP) is 2.48. The van der Waals surface area contributed by atoms with Crippen LogP contribution in [0.4, 0.5) is 5.69 Å². The molecule has 1 rings (SSSR count). The number of carboxylic acids is 1. The number of halogens is 1. The molecule has 0 aliphatic rings. The number of hydrogen-bond donors (Lipinski definition) is 2. The molecule has 8 heteroatoms. The van der Waals surface area contributed by atoms with Crippen molar-refractivity contribution in [2.45, 2.75) is 26.3 Å². The third kappa shape index (κ3) is 4.42. The summed E-state index contributed by atoms with van der Waals surface area (Å²) in [4.78, 5) is 33.4. The third-order valence-electron chi connectivity index (χ3n) is 2.73. The number of carbonyl (C=O) groups is 2. The quantitative estimate of drug-likeness (QED) is 0.619.